The Bertz CT molecular complexity index is 660. The number of hydrogen-bond acceptors (Lipinski definition) is 4. The lowest BCUT2D eigenvalue weighted by atomic mass is 10.3. The number of hydrogen-bond donors (Lipinski definition) is 3. The highest BCUT2D eigenvalue weighted by Gasteiger charge is 2.09. The van der Waals surface area contributed by atoms with Crippen molar-refractivity contribution in [3.05, 3.63) is 53.4 Å². The molecule has 0 bridgehead atoms. The lowest BCUT2D eigenvalue weighted by Gasteiger charge is -2.03. The molecule has 0 aliphatic carbocycles. The number of amides is 1. The fourth-order valence-corrected chi connectivity index (χ4v) is 2.73. The molecule has 0 aromatic carbocycles. The van der Waals surface area contributed by atoms with E-state index in [1.165, 1.54) is 11.3 Å². The monoisotopic (exact) mass is 329 g/mol. The molecule has 3 N–H and O–H groups in total. The molecular weight excluding hydrogens is 322 g/mol. The van der Waals surface area contributed by atoms with E-state index < -0.39 is 17.2 Å². The highest BCUT2D eigenvalue weighted by Crippen LogP contribution is 2.22. The number of aromatic nitrogens is 2. The van der Waals surface area contributed by atoms with E-state index >= 15 is 0 Å². The normalized spacial score (nSPS) is 10.3. The number of carbonyl (C=O) groups is 1. The predicted molar refractivity (Wildman–Crippen MR) is 70.9 cm³/mol. The third-order valence-electron chi connectivity index (χ3n) is 2.11. The van der Waals surface area contributed by atoms with Gasteiger partial charge in [-0.2, -0.15) is 0 Å². The van der Waals surface area contributed by atoms with Crippen LogP contribution < -0.4 is 16.6 Å². The van der Waals surface area contributed by atoms with Gasteiger partial charge in [-0.1, -0.05) is 0 Å². The highest BCUT2D eigenvalue weighted by molar-refractivity contribution is 9.10. The minimum atomic E-state index is -0.704. The van der Waals surface area contributed by atoms with Gasteiger partial charge in [0, 0.05) is 15.4 Å². The summed E-state index contributed by atoms with van der Waals surface area (Å²) in [6.07, 6.45) is 0. The molecule has 2 aromatic rings. The van der Waals surface area contributed by atoms with Gasteiger partial charge in [0.2, 0.25) is 0 Å². The zero-order valence-electron chi connectivity index (χ0n) is 8.95. The predicted octanol–water partition coefficient (Wildman–Crippen LogP) is 0.817. The van der Waals surface area contributed by atoms with Crippen LogP contribution in [0.15, 0.2) is 31.6 Å². The molecule has 2 heterocycles. The number of rotatable bonds is 3. The minimum absolute atomic E-state index is 0.0589. The SMILES string of the molecule is O=C(NCc1sccc1Br)c1cc(=O)[nH]c(=O)[nH]1. The Morgan fingerprint density at radius 3 is 2.78 bits per heavy atom. The molecule has 0 atom stereocenters. The highest BCUT2D eigenvalue weighted by atomic mass is 79.9. The number of carbonyl (C=O) groups excluding carboxylic acids is 1. The maximum Gasteiger partial charge on any atom is 0.326 e. The third kappa shape index (κ3) is 2.96. The molecule has 0 radical (unpaired) electrons. The molecule has 1 amide bonds. The van der Waals surface area contributed by atoms with Crippen LogP contribution in [-0.2, 0) is 6.54 Å². The van der Waals surface area contributed by atoms with Gasteiger partial charge in [0.25, 0.3) is 11.5 Å². The molecule has 0 saturated carbocycles. The van der Waals surface area contributed by atoms with E-state index in [9.17, 15) is 14.4 Å². The van der Waals surface area contributed by atoms with Crippen LogP contribution in [0.2, 0.25) is 0 Å². The quantitative estimate of drug-likeness (QED) is 0.777. The van der Waals surface area contributed by atoms with E-state index in [0.717, 1.165) is 15.4 Å². The van der Waals surface area contributed by atoms with E-state index in [-0.39, 0.29) is 5.69 Å². The van der Waals surface area contributed by atoms with Crippen molar-refractivity contribution in [2.45, 2.75) is 6.54 Å². The topological polar surface area (TPSA) is 94.8 Å². The van der Waals surface area contributed by atoms with Crippen molar-refractivity contribution in [1.82, 2.24) is 15.3 Å². The molecule has 94 valence electrons. The molecule has 0 fully saturated rings. The number of H-pyrrole nitrogens is 2. The minimum Gasteiger partial charge on any atom is -0.346 e. The Morgan fingerprint density at radius 1 is 1.39 bits per heavy atom. The summed E-state index contributed by atoms with van der Waals surface area (Å²) in [4.78, 5) is 39.0. The molecule has 2 rings (SSSR count). The van der Waals surface area contributed by atoms with Gasteiger partial charge in [-0.3, -0.25) is 14.6 Å². The van der Waals surface area contributed by atoms with Crippen LogP contribution in [0.4, 0.5) is 0 Å². The van der Waals surface area contributed by atoms with E-state index in [1.807, 2.05) is 16.4 Å². The molecule has 0 aliphatic heterocycles. The lowest BCUT2D eigenvalue weighted by molar-refractivity contribution is 0.0945. The van der Waals surface area contributed by atoms with Crippen molar-refractivity contribution in [2.24, 2.45) is 0 Å². The van der Waals surface area contributed by atoms with Crippen LogP contribution in [0.1, 0.15) is 15.4 Å². The van der Waals surface area contributed by atoms with Gasteiger partial charge < -0.3 is 10.3 Å². The molecule has 0 unspecified atom stereocenters. The molecule has 0 saturated heterocycles. The summed E-state index contributed by atoms with van der Waals surface area (Å²) in [5, 5.41) is 4.50. The van der Waals surface area contributed by atoms with E-state index in [4.69, 9.17) is 0 Å². The lowest BCUT2D eigenvalue weighted by Crippen LogP contribution is -2.30. The Labute approximate surface area is 113 Å². The standard InChI is InChI=1S/C10H8BrN3O3S/c11-5-1-2-18-7(5)4-12-9(16)6-3-8(15)14-10(17)13-6/h1-3H,4H2,(H,12,16)(H2,13,14,15,17). The summed E-state index contributed by atoms with van der Waals surface area (Å²) in [7, 11) is 0. The second-order valence-corrected chi connectivity index (χ2v) is 5.23. The first kappa shape index (κ1) is 12.8. The van der Waals surface area contributed by atoms with Crippen molar-refractivity contribution in [3.63, 3.8) is 0 Å². The molecule has 8 heteroatoms. The fourth-order valence-electron chi connectivity index (χ4n) is 1.30. The fraction of sp³-hybridized carbons (Fsp3) is 0.100. The van der Waals surface area contributed by atoms with Crippen molar-refractivity contribution in [3.8, 4) is 0 Å². The van der Waals surface area contributed by atoms with Crippen LogP contribution in [0, 0.1) is 0 Å². The van der Waals surface area contributed by atoms with Crippen molar-refractivity contribution < 1.29 is 4.79 Å². The maximum atomic E-state index is 11.7. The smallest absolute Gasteiger partial charge is 0.326 e. The number of halogens is 1. The Balaban J connectivity index is 2.11. The van der Waals surface area contributed by atoms with Gasteiger partial charge in [-0.25, -0.2) is 4.79 Å². The average Bonchev–Trinajstić information content (AvgIpc) is 2.70. The first-order valence-electron chi connectivity index (χ1n) is 4.90. The summed E-state index contributed by atoms with van der Waals surface area (Å²) >= 11 is 4.83. The second-order valence-electron chi connectivity index (χ2n) is 3.38. The Kier molecular flexibility index (Phi) is 3.78. The van der Waals surface area contributed by atoms with Crippen molar-refractivity contribution in [1.29, 1.82) is 0 Å². The van der Waals surface area contributed by atoms with Gasteiger partial charge in [0.1, 0.15) is 5.69 Å². The second kappa shape index (κ2) is 5.32. The first-order valence-corrected chi connectivity index (χ1v) is 6.57. The van der Waals surface area contributed by atoms with Gasteiger partial charge in [0.05, 0.1) is 6.54 Å². The molecule has 0 aliphatic rings. The molecule has 2 aromatic heterocycles. The van der Waals surface area contributed by atoms with Gasteiger partial charge in [-0.05, 0) is 27.4 Å². The van der Waals surface area contributed by atoms with Crippen LogP contribution >= 0.6 is 27.3 Å². The molecule has 6 nitrogen and oxygen atoms in total. The van der Waals surface area contributed by atoms with Gasteiger partial charge in [-0.15, -0.1) is 11.3 Å². The molecule has 18 heavy (non-hydrogen) atoms. The van der Waals surface area contributed by atoms with Crippen LogP contribution in [0.25, 0.3) is 0 Å². The molecule has 0 spiro atoms. The summed E-state index contributed by atoms with van der Waals surface area (Å²) in [6, 6.07) is 2.92. The maximum absolute atomic E-state index is 11.7. The number of thiophene rings is 1. The average molecular weight is 330 g/mol. The molecular formula is C10H8BrN3O3S. The third-order valence-corrected chi connectivity index (χ3v) is 4.03. The van der Waals surface area contributed by atoms with Crippen LogP contribution in [0.5, 0.6) is 0 Å². The number of aromatic amines is 2. The zero-order valence-corrected chi connectivity index (χ0v) is 11.4. The largest absolute Gasteiger partial charge is 0.346 e. The summed E-state index contributed by atoms with van der Waals surface area (Å²) in [5.41, 5.74) is -1.37. The zero-order chi connectivity index (χ0) is 13.1. The van der Waals surface area contributed by atoms with Gasteiger partial charge >= 0.3 is 5.69 Å². The van der Waals surface area contributed by atoms with Crippen molar-refractivity contribution >= 4 is 33.2 Å². The van der Waals surface area contributed by atoms with Crippen LogP contribution in [-0.4, -0.2) is 15.9 Å². The van der Waals surface area contributed by atoms with Crippen molar-refractivity contribution in [2.75, 3.05) is 0 Å². The van der Waals surface area contributed by atoms with E-state index in [1.54, 1.807) is 0 Å². The van der Waals surface area contributed by atoms with E-state index in [2.05, 4.69) is 26.2 Å². The van der Waals surface area contributed by atoms with Crippen LogP contribution in [0.3, 0.4) is 0 Å². The Morgan fingerprint density at radius 2 is 2.17 bits per heavy atom. The van der Waals surface area contributed by atoms with Gasteiger partial charge in [0.15, 0.2) is 0 Å². The summed E-state index contributed by atoms with van der Waals surface area (Å²) < 4.78 is 0.909. The Hall–Kier alpha value is -1.67. The number of nitrogens with one attached hydrogen (secondary N) is 3. The van der Waals surface area contributed by atoms with E-state index in [0.29, 0.717) is 6.54 Å². The summed E-state index contributed by atoms with van der Waals surface area (Å²) in [6.45, 7) is 0.325. The first-order chi connectivity index (χ1) is 8.56. The summed E-state index contributed by atoms with van der Waals surface area (Å²) in [5.74, 6) is -0.501.